The van der Waals surface area contributed by atoms with E-state index in [4.69, 9.17) is 10.5 Å². The van der Waals surface area contributed by atoms with Gasteiger partial charge in [0.1, 0.15) is 30.0 Å². The molecule has 0 saturated carbocycles. The molecule has 0 aliphatic heterocycles. The number of rotatable bonds is 6. The van der Waals surface area contributed by atoms with Crippen LogP contribution in [0, 0.1) is 0 Å². The molecule has 0 fully saturated rings. The number of nitrogens with zero attached hydrogens (tertiary/aromatic N) is 3. The average molecular weight is 361 g/mol. The fourth-order valence-electron chi connectivity index (χ4n) is 2.91. The van der Waals surface area contributed by atoms with Crippen molar-refractivity contribution in [3.05, 3.63) is 66.7 Å². The highest BCUT2D eigenvalue weighted by molar-refractivity contribution is 5.81. The molecule has 4 N–H and O–H groups in total. The second kappa shape index (κ2) is 7.43. The standard InChI is InChI=1S/C20H19N5O2/c21-19-18-20(23-12-22-19)25-17(24-18)10-14(26)11-27-16-9-5-4-8-15(16)13-6-2-1-3-7-13/h1-9,12,14,26H,10-11H2,(H3,21,22,23,24,25). The largest absolute Gasteiger partial charge is 0.490 e. The number of hydrogen-bond donors (Lipinski definition) is 3. The van der Waals surface area contributed by atoms with E-state index in [0.29, 0.717) is 29.2 Å². The molecule has 7 nitrogen and oxygen atoms in total. The molecule has 7 heteroatoms. The van der Waals surface area contributed by atoms with Gasteiger partial charge in [-0.05, 0) is 11.6 Å². The number of nitrogen functional groups attached to an aromatic ring is 1. The van der Waals surface area contributed by atoms with Gasteiger partial charge in [0.2, 0.25) is 0 Å². The fraction of sp³-hybridized carbons (Fsp3) is 0.150. The summed E-state index contributed by atoms with van der Waals surface area (Å²) in [5.74, 6) is 1.65. The van der Waals surface area contributed by atoms with Crippen molar-refractivity contribution in [2.75, 3.05) is 12.3 Å². The summed E-state index contributed by atoms with van der Waals surface area (Å²) >= 11 is 0. The Hall–Kier alpha value is -3.45. The Morgan fingerprint density at radius 2 is 1.81 bits per heavy atom. The van der Waals surface area contributed by atoms with Crippen molar-refractivity contribution in [3.8, 4) is 16.9 Å². The van der Waals surface area contributed by atoms with Gasteiger partial charge in [-0.2, -0.15) is 0 Å². The number of imidazole rings is 1. The minimum absolute atomic E-state index is 0.141. The Kier molecular flexibility index (Phi) is 4.67. The van der Waals surface area contributed by atoms with Gasteiger partial charge >= 0.3 is 0 Å². The smallest absolute Gasteiger partial charge is 0.183 e. The third-order valence-corrected chi connectivity index (χ3v) is 4.20. The molecule has 4 aromatic rings. The van der Waals surface area contributed by atoms with Crippen molar-refractivity contribution in [1.29, 1.82) is 0 Å². The average Bonchev–Trinajstić information content (AvgIpc) is 3.11. The van der Waals surface area contributed by atoms with E-state index in [1.54, 1.807) is 0 Å². The molecule has 1 unspecified atom stereocenters. The van der Waals surface area contributed by atoms with Gasteiger partial charge in [0.25, 0.3) is 0 Å². The van der Waals surface area contributed by atoms with Crippen LogP contribution >= 0.6 is 0 Å². The topological polar surface area (TPSA) is 110 Å². The first-order valence-corrected chi connectivity index (χ1v) is 8.61. The number of para-hydroxylation sites is 1. The molecule has 0 bridgehead atoms. The van der Waals surface area contributed by atoms with E-state index in [9.17, 15) is 5.11 Å². The lowest BCUT2D eigenvalue weighted by molar-refractivity contribution is 0.106. The molecule has 0 aliphatic carbocycles. The first-order chi connectivity index (χ1) is 13.2. The van der Waals surface area contributed by atoms with E-state index in [0.717, 1.165) is 16.9 Å². The molecular formula is C20H19N5O2. The second-order valence-corrected chi connectivity index (χ2v) is 6.17. The van der Waals surface area contributed by atoms with Gasteiger partial charge in [-0.1, -0.05) is 48.5 Å². The molecule has 0 radical (unpaired) electrons. The van der Waals surface area contributed by atoms with Crippen LogP contribution in [0.25, 0.3) is 22.3 Å². The van der Waals surface area contributed by atoms with Gasteiger partial charge in [0, 0.05) is 12.0 Å². The van der Waals surface area contributed by atoms with Gasteiger partial charge < -0.3 is 20.6 Å². The molecule has 0 spiro atoms. The van der Waals surface area contributed by atoms with Gasteiger partial charge in [-0.3, -0.25) is 0 Å². The molecule has 2 aromatic carbocycles. The van der Waals surface area contributed by atoms with Crippen molar-refractivity contribution < 1.29 is 9.84 Å². The molecule has 0 aliphatic rings. The van der Waals surface area contributed by atoms with E-state index < -0.39 is 6.10 Å². The summed E-state index contributed by atoms with van der Waals surface area (Å²) in [5, 5.41) is 10.4. The minimum atomic E-state index is -0.733. The van der Waals surface area contributed by atoms with E-state index in [1.165, 1.54) is 6.33 Å². The van der Waals surface area contributed by atoms with Crippen molar-refractivity contribution >= 4 is 17.0 Å². The predicted octanol–water partition coefficient (Wildman–Crippen LogP) is 2.58. The minimum Gasteiger partial charge on any atom is -0.490 e. The third kappa shape index (κ3) is 3.73. The van der Waals surface area contributed by atoms with Gasteiger partial charge in [-0.15, -0.1) is 0 Å². The van der Waals surface area contributed by atoms with Crippen LogP contribution in [-0.4, -0.2) is 37.8 Å². The lowest BCUT2D eigenvalue weighted by Crippen LogP contribution is -2.21. The van der Waals surface area contributed by atoms with Crippen molar-refractivity contribution in [1.82, 2.24) is 19.9 Å². The number of H-pyrrole nitrogens is 1. The molecule has 0 saturated heterocycles. The lowest BCUT2D eigenvalue weighted by Gasteiger charge is -2.14. The maximum atomic E-state index is 10.4. The molecule has 2 heterocycles. The molecule has 2 aromatic heterocycles. The molecule has 1 atom stereocenters. The van der Waals surface area contributed by atoms with Crippen molar-refractivity contribution in [3.63, 3.8) is 0 Å². The van der Waals surface area contributed by atoms with Crippen molar-refractivity contribution in [2.24, 2.45) is 0 Å². The Bertz CT molecular complexity index is 1050. The number of anilines is 1. The van der Waals surface area contributed by atoms with E-state index in [-0.39, 0.29) is 6.61 Å². The molecular weight excluding hydrogens is 342 g/mol. The summed E-state index contributed by atoms with van der Waals surface area (Å²) in [7, 11) is 0. The Labute approximate surface area is 155 Å². The molecule has 27 heavy (non-hydrogen) atoms. The highest BCUT2D eigenvalue weighted by Crippen LogP contribution is 2.29. The van der Waals surface area contributed by atoms with Crippen LogP contribution in [0.4, 0.5) is 5.82 Å². The highest BCUT2D eigenvalue weighted by Gasteiger charge is 2.14. The van der Waals surface area contributed by atoms with E-state index >= 15 is 0 Å². The van der Waals surface area contributed by atoms with Crippen LogP contribution in [0.15, 0.2) is 60.9 Å². The number of hydrogen-bond acceptors (Lipinski definition) is 6. The zero-order valence-corrected chi connectivity index (χ0v) is 14.5. The van der Waals surface area contributed by atoms with E-state index in [2.05, 4.69) is 19.9 Å². The highest BCUT2D eigenvalue weighted by atomic mass is 16.5. The number of fused-ring (bicyclic) bond motifs is 1. The Morgan fingerprint density at radius 3 is 2.63 bits per heavy atom. The van der Waals surface area contributed by atoms with Crippen LogP contribution in [0.1, 0.15) is 5.82 Å². The van der Waals surface area contributed by atoms with E-state index in [1.807, 2.05) is 54.6 Å². The number of benzene rings is 2. The maximum absolute atomic E-state index is 10.4. The maximum Gasteiger partial charge on any atom is 0.183 e. The number of nitrogens with two attached hydrogens (primary N) is 1. The summed E-state index contributed by atoms with van der Waals surface area (Å²) in [4.78, 5) is 15.4. The summed E-state index contributed by atoms with van der Waals surface area (Å²) in [6.07, 6.45) is 0.926. The molecule has 4 rings (SSSR count). The SMILES string of the molecule is Nc1ncnc2nc(CC(O)COc3ccccc3-c3ccccc3)[nH]c12. The Morgan fingerprint density at radius 1 is 1.04 bits per heavy atom. The molecule has 0 amide bonds. The number of ether oxygens (including phenoxy) is 1. The predicted molar refractivity (Wildman–Crippen MR) is 103 cm³/mol. The van der Waals surface area contributed by atoms with Crippen LogP contribution < -0.4 is 10.5 Å². The number of aliphatic hydroxyl groups excluding tert-OH is 1. The quantitative estimate of drug-likeness (QED) is 0.487. The van der Waals surface area contributed by atoms with Gasteiger partial charge in [-0.25, -0.2) is 15.0 Å². The Balaban J connectivity index is 1.45. The van der Waals surface area contributed by atoms with Crippen LogP contribution in [-0.2, 0) is 6.42 Å². The number of aromatic nitrogens is 4. The number of aromatic amines is 1. The summed E-state index contributed by atoms with van der Waals surface area (Å²) < 4.78 is 5.88. The van der Waals surface area contributed by atoms with Crippen LogP contribution in [0.3, 0.4) is 0 Å². The first-order valence-electron chi connectivity index (χ1n) is 8.61. The normalized spacial score (nSPS) is 12.2. The second-order valence-electron chi connectivity index (χ2n) is 6.17. The number of aliphatic hydroxyl groups is 1. The third-order valence-electron chi connectivity index (χ3n) is 4.20. The zero-order valence-electron chi connectivity index (χ0n) is 14.5. The van der Waals surface area contributed by atoms with Crippen molar-refractivity contribution in [2.45, 2.75) is 12.5 Å². The first kappa shape index (κ1) is 17.0. The number of nitrogens with one attached hydrogen (secondary N) is 1. The van der Waals surface area contributed by atoms with Crippen LogP contribution in [0.5, 0.6) is 5.75 Å². The monoisotopic (exact) mass is 361 g/mol. The summed E-state index contributed by atoms with van der Waals surface area (Å²) in [5.41, 5.74) is 8.91. The van der Waals surface area contributed by atoms with Gasteiger partial charge in [0.05, 0.1) is 6.10 Å². The lowest BCUT2D eigenvalue weighted by atomic mass is 10.1. The summed E-state index contributed by atoms with van der Waals surface area (Å²) in [6, 6.07) is 17.8. The van der Waals surface area contributed by atoms with Crippen LogP contribution in [0.2, 0.25) is 0 Å². The zero-order chi connectivity index (χ0) is 18.6. The van der Waals surface area contributed by atoms with Gasteiger partial charge in [0.15, 0.2) is 11.5 Å². The fourth-order valence-corrected chi connectivity index (χ4v) is 2.91. The molecule has 136 valence electrons. The summed E-state index contributed by atoms with van der Waals surface area (Å²) in [6.45, 7) is 0.141.